The van der Waals surface area contributed by atoms with Crippen molar-refractivity contribution in [1.82, 2.24) is 15.2 Å². The van der Waals surface area contributed by atoms with Gasteiger partial charge in [-0.2, -0.15) is 0 Å². The third-order valence-corrected chi connectivity index (χ3v) is 4.84. The van der Waals surface area contributed by atoms with Crippen molar-refractivity contribution < 1.29 is 9.59 Å². The quantitative estimate of drug-likeness (QED) is 0.875. The van der Waals surface area contributed by atoms with Crippen LogP contribution in [0.25, 0.3) is 0 Å². The molecule has 1 N–H and O–H groups in total. The average molecular weight is 323 g/mol. The number of hydrogen-bond donors (Lipinski definition) is 1. The molecule has 1 fully saturated rings. The molecule has 0 aliphatic heterocycles. The molecule has 1 aromatic rings. The smallest absolute Gasteiger partial charge is 0.244 e. The molecular formula is C16H25N3O2S. The molecule has 1 aliphatic rings. The molecule has 1 unspecified atom stereocenters. The lowest BCUT2D eigenvalue weighted by Gasteiger charge is -2.24. The molecule has 0 spiro atoms. The Morgan fingerprint density at radius 2 is 2.14 bits per heavy atom. The molecule has 0 radical (unpaired) electrons. The molecular weight excluding hydrogens is 298 g/mol. The lowest BCUT2D eigenvalue weighted by molar-refractivity contribution is -0.135. The fourth-order valence-electron chi connectivity index (χ4n) is 2.98. The van der Waals surface area contributed by atoms with E-state index in [1.165, 1.54) is 30.6 Å². The molecule has 6 heteroatoms. The van der Waals surface area contributed by atoms with E-state index in [1.807, 2.05) is 5.38 Å². The van der Waals surface area contributed by atoms with Crippen molar-refractivity contribution in [3.05, 3.63) is 16.6 Å². The Hall–Kier alpha value is -1.43. The topological polar surface area (TPSA) is 62.3 Å². The van der Waals surface area contributed by atoms with Crippen LogP contribution in [0.15, 0.2) is 10.9 Å². The summed E-state index contributed by atoms with van der Waals surface area (Å²) in [6, 6.07) is -0.486. The normalized spacial score (nSPS) is 17.0. The molecule has 1 heterocycles. The minimum Gasteiger partial charge on any atom is -0.345 e. The fourth-order valence-corrected chi connectivity index (χ4v) is 3.53. The number of carbonyl (C=O) groups excluding carboxylic acids is 2. The Kier molecular flexibility index (Phi) is 6.36. The van der Waals surface area contributed by atoms with Gasteiger partial charge in [0, 0.05) is 18.8 Å². The second-order valence-corrected chi connectivity index (χ2v) is 6.89. The van der Waals surface area contributed by atoms with Crippen molar-refractivity contribution in [2.75, 3.05) is 7.05 Å². The van der Waals surface area contributed by atoms with Crippen molar-refractivity contribution >= 4 is 23.2 Å². The number of amides is 2. The fraction of sp³-hybridized carbons (Fsp3) is 0.688. The van der Waals surface area contributed by atoms with E-state index >= 15 is 0 Å². The van der Waals surface area contributed by atoms with Crippen LogP contribution >= 0.6 is 11.3 Å². The van der Waals surface area contributed by atoms with Crippen LogP contribution < -0.4 is 5.32 Å². The summed E-state index contributed by atoms with van der Waals surface area (Å²) >= 11 is 1.51. The van der Waals surface area contributed by atoms with Crippen LogP contribution in [0.5, 0.6) is 0 Å². The van der Waals surface area contributed by atoms with Gasteiger partial charge in [-0.1, -0.05) is 19.3 Å². The number of likely N-dealkylation sites (N-methyl/N-ethyl adjacent to an activating group) is 1. The average Bonchev–Trinajstić information content (AvgIpc) is 3.00. The maximum atomic E-state index is 12.3. The summed E-state index contributed by atoms with van der Waals surface area (Å²) < 4.78 is 0. The van der Waals surface area contributed by atoms with E-state index in [-0.39, 0.29) is 11.8 Å². The summed E-state index contributed by atoms with van der Waals surface area (Å²) in [4.78, 5) is 30.1. The zero-order valence-corrected chi connectivity index (χ0v) is 14.2. The molecule has 2 rings (SSSR count). The van der Waals surface area contributed by atoms with Crippen molar-refractivity contribution in [3.8, 4) is 0 Å². The van der Waals surface area contributed by atoms with Gasteiger partial charge in [-0.15, -0.1) is 11.3 Å². The standard InChI is InChI=1S/C16H25N3O2S/c1-12(16(21)19(2)9-14-10-22-11-17-14)18-15(20)8-13-6-4-3-5-7-13/h10-13H,3-9H2,1-2H3,(H,18,20). The SMILES string of the molecule is CC(NC(=O)CC1CCCCC1)C(=O)N(C)Cc1cscn1. The highest BCUT2D eigenvalue weighted by Gasteiger charge is 2.22. The second kappa shape index (κ2) is 8.27. The van der Waals surface area contributed by atoms with Gasteiger partial charge in [0.25, 0.3) is 0 Å². The Bertz CT molecular complexity index is 484. The maximum Gasteiger partial charge on any atom is 0.244 e. The predicted octanol–water partition coefficient (Wildman–Crippen LogP) is 2.58. The number of hydrogen-bond acceptors (Lipinski definition) is 4. The maximum absolute atomic E-state index is 12.3. The van der Waals surface area contributed by atoms with Crippen molar-refractivity contribution in [1.29, 1.82) is 0 Å². The number of rotatable bonds is 6. The lowest BCUT2D eigenvalue weighted by Crippen LogP contribution is -2.45. The third kappa shape index (κ3) is 5.09. The first-order valence-corrected chi connectivity index (χ1v) is 8.92. The van der Waals surface area contributed by atoms with Gasteiger partial charge in [0.05, 0.1) is 17.7 Å². The van der Waals surface area contributed by atoms with Crippen LogP contribution in [0.3, 0.4) is 0 Å². The molecule has 1 aliphatic carbocycles. The molecule has 0 aromatic carbocycles. The molecule has 5 nitrogen and oxygen atoms in total. The summed E-state index contributed by atoms with van der Waals surface area (Å²) in [6.45, 7) is 2.23. The monoisotopic (exact) mass is 323 g/mol. The highest BCUT2D eigenvalue weighted by Crippen LogP contribution is 2.26. The Morgan fingerprint density at radius 1 is 1.41 bits per heavy atom. The van der Waals surface area contributed by atoms with Gasteiger partial charge < -0.3 is 10.2 Å². The van der Waals surface area contributed by atoms with Crippen LogP contribution in [-0.4, -0.2) is 34.8 Å². The summed E-state index contributed by atoms with van der Waals surface area (Å²) in [5.74, 6) is 0.406. The highest BCUT2D eigenvalue weighted by molar-refractivity contribution is 7.07. The van der Waals surface area contributed by atoms with E-state index in [9.17, 15) is 9.59 Å². The molecule has 1 aromatic heterocycles. The molecule has 0 bridgehead atoms. The van der Waals surface area contributed by atoms with Crippen LogP contribution in [0.4, 0.5) is 0 Å². The first-order valence-electron chi connectivity index (χ1n) is 7.97. The zero-order chi connectivity index (χ0) is 15.9. The van der Waals surface area contributed by atoms with E-state index in [4.69, 9.17) is 0 Å². The van der Waals surface area contributed by atoms with E-state index in [2.05, 4.69) is 10.3 Å². The van der Waals surface area contributed by atoms with Crippen molar-refractivity contribution in [2.45, 2.75) is 58.0 Å². The zero-order valence-electron chi connectivity index (χ0n) is 13.4. The molecule has 122 valence electrons. The van der Waals surface area contributed by atoms with Gasteiger partial charge >= 0.3 is 0 Å². The van der Waals surface area contributed by atoms with Gasteiger partial charge in [-0.25, -0.2) is 4.98 Å². The predicted molar refractivity (Wildman–Crippen MR) is 87.4 cm³/mol. The van der Waals surface area contributed by atoms with Gasteiger partial charge in [0.15, 0.2) is 0 Å². The van der Waals surface area contributed by atoms with Gasteiger partial charge in [-0.3, -0.25) is 9.59 Å². The van der Waals surface area contributed by atoms with Gasteiger partial charge in [0.1, 0.15) is 6.04 Å². The first-order chi connectivity index (χ1) is 10.6. The molecule has 22 heavy (non-hydrogen) atoms. The van der Waals surface area contributed by atoms with Crippen LogP contribution in [-0.2, 0) is 16.1 Å². The van der Waals surface area contributed by atoms with E-state index < -0.39 is 6.04 Å². The van der Waals surface area contributed by atoms with Gasteiger partial charge in [-0.05, 0) is 25.7 Å². The molecule has 2 amide bonds. The lowest BCUT2D eigenvalue weighted by atomic mass is 9.87. The molecule has 0 saturated heterocycles. The first kappa shape index (κ1) is 16.9. The Balaban J connectivity index is 1.76. The molecule has 1 atom stereocenters. The largest absolute Gasteiger partial charge is 0.345 e. The number of nitrogens with zero attached hydrogens (tertiary/aromatic N) is 2. The van der Waals surface area contributed by atoms with Gasteiger partial charge in [0.2, 0.25) is 11.8 Å². The van der Waals surface area contributed by atoms with Crippen molar-refractivity contribution in [2.24, 2.45) is 5.92 Å². The Labute approximate surface area is 136 Å². The van der Waals surface area contributed by atoms with Crippen LogP contribution in [0.1, 0.15) is 51.1 Å². The minimum atomic E-state index is -0.486. The van der Waals surface area contributed by atoms with E-state index in [0.717, 1.165) is 18.5 Å². The number of nitrogens with one attached hydrogen (secondary N) is 1. The third-order valence-electron chi connectivity index (χ3n) is 4.21. The number of carbonyl (C=O) groups is 2. The summed E-state index contributed by atoms with van der Waals surface area (Å²) in [5, 5.41) is 4.77. The minimum absolute atomic E-state index is 0.00481. The summed E-state index contributed by atoms with van der Waals surface area (Å²) in [5.41, 5.74) is 2.63. The Morgan fingerprint density at radius 3 is 2.77 bits per heavy atom. The molecule has 1 saturated carbocycles. The summed E-state index contributed by atoms with van der Waals surface area (Å²) in [7, 11) is 1.74. The van der Waals surface area contributed by atoms with Crippen molar-refractivity contribution in [3.63, 3.8) is 0 Å². The van der Waals surface area contributed by atoms with Crippen LogP contribution in [0, 0.1) is 5.92 Å². The number of thiazole rings is 1. The van der Waals surface area contributed by atoms with Crippen LogP contribution in [0.2, 0.25) is 0 Å². The number of aromatic nitrogens is 1. The second-order valence-electron chi connectivity index (χ2n) is 6.17. The highest BCUT2D eigenvalue weighted by atomic mass is 32.1. The van der Waals surface area contributed by atoms with E-state index in [0.29, 0.717) is 18.9 Å². The summed E-state index contributed by atoms with van der Waals surface area (Å²) in [6.07, 6.45) is 6.56. The van der Waals surface area contributed by atoms with E-state index in [1.54, 1.807) is 24.4 Å².